The second-order valence-electron chi connectivity index (χ2n) is 4.37. The molecule has 4 heteroatoms. The van der Waals surface area contributed by atoms with Crippen molar-refractivity contribution < 1.29 is 4.39 Å². The first-order valence-corrected chi connectivity index (χ1v) is 7.50. The Bertz CT molecular complexity index is 599. The van der Waals surface area contributed by atoms with E-state index in [1.807, 2.05) is 32.2 Å². The Morgan fingerprint density at radius 2 is 1.84 bits per heavy atom. The monoisotopic (exact) mass is 385 g/mol. The summed E-state index contributed by atoms with van der Waals surface area (Å²) in [5.41, 5.74) is 2.81. The highest BCUT2D eigenvalue weighted by Crippen LogP contribution is 2.30. The Labute approximate surface area is 129 Å². The predicted octanol–water partition coefficient (Wildman–Crippen LogP) is 4.97. The summed E-state index contributed by atoms with van der Waals surface area (Å²) >= 11 is 6.71. The zero-order valence-corrected chi connectivity index (χ0v) is 13.8. The third-order valence-electron chi connectivity index (χ3n) is 3.10. The number of benzene rings is 2. The SMILES string of the molecule is CNC(c1ccc(Br)c(C)c1)c1cccc(Br)c1F. The minimum Gasteiger partial charge on any atom is -0.309 e. The van der Waals surface area contributed by atoms with Gasteiger partial charge in [0.05, 0.1) is 10.5 Å². The molecule has 0 aliphatic heterocycles. The van der Waals surface area contributed by atoms with E-state index in [0.717, 1.165) is 15.6 Å². The van der Waals surface area contributed by atoms with E-state index in [9.17, 15) is 4.39 Å². The average molecular weight is 387 g/mol. The Morgan fingerprint density at radius 1 is 1.11 bits per heavy atom. The van der Waals surface area contributed by atoms with Crippen molar-refractivity contribution in [3.05, 3.63) is 67.9 Å². The summed E-state index contributed by atoms with van der Waals surface area (Å²) in [7, 11) is 1.84. The largest absolute Gasteiger partial charge is 0.309 e. The first-order chi connectivity index (χ1) is 9.04. The average Bonchev–Trinajstić information content (AvgIpc) is 2.39. The summed E-state index contributed by atoms with van der Waals surface area (Å²) in [6.45, 7) is 2.03. The molecule has 0 fully saturated rings. The minimum absolute atomic E-state index is 0.163. The van der Waals surface area contributed by atoms with Crippen molar-refractivity contribution in [3.63, 3.8) is 0 Å². The van der Waals surface area contributed by atoms with Gasteiger partial charge in [0, 0.05) is 10.0 Å². The summed E-state index contributed by atoms with van der Waals surface area (Å²) in [5, 5.41) is 3.17. The van der Waals surface area contributed by atoms with Crippen LogP contribution in [0.4, 0.5) is 4.39 Å². The molecule has 2 rings (SSSR count). The van der Waals surface area contributed by atoms with Gasteiger partial charge in [0.2, 0.25) is 0 Å². The summed E-state index contributed by atoms with van der Waals surface area (Å²) in [6, 6.07) is 11.2. The highest BCUT2D eigenvalue weighted by Gasteiger charge is 2.18. The molecule has 0 aliphatic rings. The van der Waals surface area contributed by atoms with Crippen LogP contribution in [-0.4, -0.2) is 7.05 Å². The van der Waals surface area contributed by atoms with Gasteiger partial charge in [0.25, 0.3) is 0 Å². The molecule has 1 unspecified atom stereocenters. The van der Waals surface area contributed by atoms with Gasteiger partial charge in [-0.2, -0.15) is 0 Å². The van der Waals surface area contributed by atoms with Gasteiger partial charge < -0.3 is 5.32 Å². The number of halogens is 3. The van der Waals surface area contributed by atoms with Crippen LogP contribution in [0.3, 0.4) is 0 Å². The van der Waals surface area contributed by atoms with Crippen LogP contribution >= 0.6 is 31.9 Å². The molecule has 2 aromatic carbocycles. The van der Waals surface area contributed by atoms with Crippen LogP contribution in [0.5, 0.6) is 0 Å². The van der Waals surface area contributed by atoms with Crippen LogP contribution < -0.4 is 5.32 Å². The molecule has 1 N–H and O–H groups in total. The third kappa shape index (κ3) is 3.07. The Kier molecular flexibility index (Phi) is 4.76. The highest BCUT2D eigenvalue weighted by atomic mass is 79.9. The third-order valence-corrected chi connectivity index (χ3v) is 4.60. The lowest BCUT2D eigenvalue weighted by Gasteiger charge is -2.19. The van der Waals surface area contributed by atoms with Gasteiger partial charge in [-0.3, -0.25) is 0 Å². The van der Waals surface area contributed by atoms with Gasteiger partial charge in [-0.05, 0) is 53.2 Å². The molecule has 2 aromatic rings. The van der Waals surface area contributed by atoms with E-state index in [1.54, 1.807) is 12.1 Å². The van der Waals surface area contributed by atoms with Crippen molar-refractivity contribution in [3.8, 4) is 0 Å². The van der Waals surface area contributed by atoms with E-state index in [4.69, 9.17) is 0 Å². The lowest BCUT2D eigenvalue weighted by atomic mass is 9.97. The topological polar surface area (TPSA) is 12.0 Å². The van der Waals surface area contributed by atoms with Crippen LogP contribution in [-0.2, 0) is 0 Å². The van der Waals surface area contributed by atoms with Gasteiger partial charge in [0.1, 0.15) is 5.82 Å². The minimum atomic E-state index is -0.220. The standard InChI is InChI=1S/C15H14Br2FN/c1-9-8-10(6-7-12(9)16)15(19-2)11-4-3-5-13(17)14(11)18/h3-8,15,19H,1-2H3. The fourth-order valence-corrected chi connectivity index (χ4v) is 2.72. The quantitative estimate of drug-likeness (QED) is 0.785. The van der Waals surface area contributed by atoms with Crippen LogP contribution in [0.15, 0.2) is 45.3 Å². The van der Waals surface area contributed by atoms with E-state index in [2.05, 4.69) is 43.2 Å². The van der Waals surface area contributed by atoms with E-state index in [0.29, 0.717) is 10.0 Å². The van der Waals surface area contributed by atoms with Gasteiger partial charge in [-0.15, -0.1) is 0 Å². The lowest BCUT2D eigenvalue weighted by Crippen LogP contribution is -2.19. The van der Waals surface area contributed by atoms with E-state index in [-0.39, 0.29) is 11.9 Å². The van der Waals surface area contributed by atoms with Crippen molar-refractivity contribution in [2.75, 3.05) is 7.05 Å². The molecule has 1 atom stereocenters. The van der Waals surface area contributed by atoms with Crippen LogP contribution in [0.1, 0.15) is 22.7 Å². The van der Waals surface area contributed by atoms with Crippen molar-refractivity contribution >= 4 is 31.9 Å². The number of hydrogen-bond donors (Lipinski definition) is 1. The normalized spacial score (nSPS) is 12.5. The molecule has 0 aromatic heterocycles. The highest BCUT2D eigenvalue weighted by molar-refractivity contribution is 9.10. The van der Waals surface area contributed by atoms with E-state index in [1.165, 1.54) is 0 Å². The van der Waals surface area contributed by atoms with Gasteiger partial charge in [0.15, 0.2) is 0 Å². The summed E-state index contributed by atoms with van der Waals surface area (Å²) in [6.07, 6.45) is 0. The van der Waals surface area contributed by atoms with Crippen LogP contribution in [0.2, 0.25) is 0 Å². The first-order valence-electron chi connectivity index (χ1n) is 5.92. The molecule has 0 heterocycles. The van der Waals surface area contributed by atoms with E-state index < -0.39 is 0 Å². The maximum atomic E-state index is 14.2. The Balaban J connectivity index is 2.50. The fraction of sp³-hybridized carbons (Fsp3) is 0.200. The second-order valence-corrected chi connectivity index (χ2v) is 6.08. The molecular weight excluding hydrogens is 373 g/mol. The molecule has 0 spiro atoms. The lowest BCUT2D eigenvalue weighted by molar-refractivity contribution is 0.571. The fourth-order valence-electron chi connectivity index (χ4n) is 2.09. The number of hydrogen-bond acceptors (Lipinski definition) is 1. The molecule has 0 saturated heterocycles. The van der Waals surface area contributed by atoms with Crippen molar-refractivity contribution in [1.82, 2.24) is 5.32 Å². The van der Waals surface area contributed by atoms with Crippen molar-refractivity contribution in [1.29, 1.82) is 0 Å². The van der Waals surface area contributed by atoms with Crippen LogP contribution in [0, 0.1) is 12.7 Å². The number of rotatable bonds is 3. The molecule has 0 aliphatic carbocycles. The number of aryl methyl sites for hydroxylation is 1. The molecule has 0 saturated carbocycles. The summed E-state index contributed by atoms with van der Waals surface area (Å²) in [5.74, 6) is -0.220. The Hall–Kier alpha value is -0.710. The first kappa shape index (κ1) is 14.7. The molecule has 100 valence electrons. The van der Waals surface area contributed by atoms with Gasteiger partial charge >= 0.3 is 0 Å². The Morgan fingerprint density at radius 3 is 2.47 bits per heavy atom. The van der Waals surface area contributed by atoms with Gasteiger partial charge in [-0.1, -0.05) is 40.2 Å². The maximum absolute atomic E-state index is 14.2. The molecule has 0 bridgehead atoms. The molecular formula is C15H14Br2FN. The van der Waals surface area contributed by atoms with Crippen molar-refractivity contribution in [2.45, 2.75) is 13.0 Å². The molecule has 1 nitrogen and oxygen atoms in total. The second kappa shape index (κ2) is 6.16. The van der Waals surface area contributed by atoms with Gasteiger partial charge in [-0.25, -0.2) is 4.39 Å². The smallest absolute Gasteiger partial charge is 0.142 e. The zero-order chi connectivity index (χ0) is 14.0. The molecule has 0 amide bonds. The zero-order valence-electron chi connectivity index (χ0n) is 10.7. The number of nitrogens with one attached hydrogen (secondary N) is 1. The molecule has 0 radical (unpaired) electrons. The summed E-state index contributed by atoms with van der Waals surface area (Å²) in [4.78, 5) is 0. The maximum Gasteiger partial charge on any atom is 0.142 e. The predicted molar refractivity (Wildman–Crippen MR) is 83.9 cm³/mol. The van der Waals surface area contributed by atoms with Crippen LogP contribution in [0.25, 0.3) is 0 Å². The molecule has 19 heavy (non-hydrogen) atoms. The van der Waals surface area contributed by atoms with Crippen molar-refractivity contribution in [2.24, 2.45) is 0 Å². The summed E-state index contributed by atoms with van der Waals surface area (Å²) < 4.78 is 15.7. The van der Waals surface area contributed by atoms with E-state index >= 15 is 0 Å².